The summed E-state index contributed by atoms with van der Waals surface area (Å²) >= 11 is 0. The van der Waals surface area contributed by atoms with Crippen molar-refractivity contribution in [2.24, 2.45) is 5.92 Å². The van der Waals surface area contributed by atoms with E-state index >= 15 is 0 Å². The van der Waals surface area contributed by atoms with E-state index in [2.05, 4.69) is 4.98 Å². The molecular formula is C13H16N4O4. The second-order valence-corrected chi connectivity index (χ2v) is 4.87. The Morgan fingerprint density at radius 1 is 1.62 bits per heavy atom. The highest BCUT2D eigenvalue weighted by atomic mass is 16.6. The Morgan fingerprint density at radius 2 is 2.29 bits per heavy atom. The summed E-state index contributed by atoms with van der Waals surface area (Å²) in [6.45, 7) is 4.91. The SMILES string of the molecule is CC(C)CN(CCC#N)c1cc(C(=O)O)c([N+](=O)[O-])cn1. The van der Waals surface area contributed by atoms with Crippen LogP contribution in [0, 0.1) is 27.4 Å². The molecule has 0 aliphatic rings. The van der Waals surface area contributed by atoms with Crippen LogP contribution in [0.25, 0.3) is 0 Å². The quantitative estimate of drug-likeness (QED) is 0.603. The van der Waals surface area contributed by atoms with Crippen molar-refractivity contribution in [3.05, 3.63) is 27.9 Å². The van der Waals surface area contributed by atoms with Crippen LogP contribution in [0.2, 0.25) is 0 Å². The number of aromatic carboxylic acids is 1. The maximum absolute atomic E-state index is 11.1. The molecular weight excluding hydrogens is 276 g/mol. The van der Waals surface area contributed by atoms with Crippen molar-refractivity contribution in [3.63, 3.8) is 0 Å². The number of nitro groups is 1. The van der Waals surface area contributed by atoms with Gasteiger partial charge in [-0.05, 0) is 5.92 Å². The maximum atomic E-state index is 11.1. The fourth-order valence-corrected chi connectivity index (χ4v) is 1.85. The first-order valence-corrected chi connectivity index (χ1v) is 6.36. The van der Waals surface area contributed by atoms with Crippen molar-refractivity contribution >= 4 is 17.5 Å². The van der Waals surface area contributed by atoms with Gasteiger partial charge in [0.1, 0.15) is 17.6 Å². The molecule has 0 aliphatic carbocycles. The predicted octanol–water partition coefficient (Wildman–Crippen LogP) is 2.06. The number of carbonyl (C=O) groups is 1. The van der Waals surface area contributed by atoms with Crippen molar-refractivity contribution in [1.29, 1.82) is 5.26 Å². The van der Waals surface area contributed by atoms with Crippen molar-refractivity contribution < 1.29 is 14.8 Å². The number of anilines is 1. The van der Waals surface area contributed by atoms with Gasteiger partial charge in [-0.3, -0.25) is 10.1 Å². The fraction of sp³-hybridized carbons (Fsp3) is 0.462. The van der Waals surface area contributed by atoms with Crippen LogP contribution < -0.4 is 4.90 Å². The second-order valence-electron chi connectivity index (χ2n) is 4.87. The molecule has 0 saturated heterocycles. The molecule has 0 aromatic carbocycles. The zero-order valence-electron chi connectivity index (χ0n) is 11.8. The third-order valence-electron chi connectivity index (χ3n) is 2.70. The molecule has 0 aliphatic heterocycles. The smallest absolute Gasteiger partial charge is 0.342 e. The lowest BCUT2D eigenvalue weighted by molar-refractivity contribution is -0.385. The topological polar surface area (TPSA) is 120 Å². The van der Waals surface area contributed by atoms with E-state index in [1.54, 1.807) is 4.90 Å². The van der Waals surface area contributed by atoms with Crippen LogP contribution in [0.1, 0.15) is 30.6 Å². The summed E-state index contributed by atoms with van der Waals surface area (Å²) in [5.74, 6) is -0.786. The number of aromatic nitrogens is 1. The Kier molecular flexibility index (Phi) is 5.60. The van der Waals surface area contributed by atoms with Gasteiger partial charge in [0, 0.05) is 19.2 Å². The first kappa shape index (κ1) is 16.4. The van der Waals surface area contributed by atoms with Gasteiger partial charge >= 0.3 is 11.7 Å². The van der Waals surface area contributed by atoms with Crippen LogP contribution in [0.4, 0.5) is 11.5 Å². The van der Waals surface area contributed by atoms with Crippen LogP contribution in [-0.2, 0) is 0 Å². The number of nitriles is 1. The van der Waals surface area contributed by atoms with Gasteiger partial charge in [0.15, 0.2) is 0 Å². The molecule has 1 aromatic heterocycles. The summed E-state index contributed by atoms with van der Waals surface area (Å²) in [4.78, 5) is 26.9. The van der Waals surface area contributed by atoms with Crippen LogP contribution in [-0.4, -0.2) is 34.1 Å². The average molecular weight is 292 g/mol. The van der Waals surface area contributed by atoms with Crippen LogP contribution >= 0.6 is 0 Å². The minimum absolute atomic E-state index is 0.258. The molecule has 0 bridgehead atoms. The van der Waals surface area contributed by atoms with Crippen molar-refractivity contribution in [2.75, 3.05) is 18.0 Å². The van der Waals surface area contributed by atoms with Gasteiger partial charge in [0.2, 0.25) is 0 Å². The van der Waals surface area contributed by atoms with Gasteiger partial charge in [-0.25, -0.2) is 9.78 Å². The molecule has 1 N–H and O–H groups in total. The zero-order valence-corrected chi connectivity index (χ0v) is 11.8. The molecule has 21 heavy (non-hydrogen) atoms. The highest BCUT2D eigenvalue weighted by Crippen LogP contribution is 2.23. The van der Waals surface area contributed by atoms with E-state index in [0.29, 0.717) is 18.9 Å². The number of rotatable bonds is 7. The lowest BCUT2D eigenvalue weighted by atomic mass is 10.1. The summed E-state index contributed by atoms with van der Waals surface area (Å²) in [7, 11) is 0. The third kappa shape index (κ3) is 4.42. The molecule has 8 heteroatoms. The number of carboxylic acid groups (broad SMARTS) is 1. The highest BCUT2D eigenvalue weighted by molar-refractivity contribution is 5.93. The van der Waals surface area contributed by atoms with E-state index in [0.717, 1.165) is 6.20 Å². The van der Waals surface area contributed by atoms with E-state index in [-0.39, 0.29) is 12.3 Å². The second kappa shape index (κ2) is 7.19. The first-order chi connectivity index (χ1) is 9.86. The minimum atomic E-state index is -1.38. The molecule has 1 heterocycles. The Labute approximate surface area is 121 Å². The largest absolute Gasteiger partial charge is 0.477 e. The first-order valence-electron chi connectivity index (χ1n) is 6.36. The summed E-state index contributed by atoms with van der Waals surface area (Å²) in [6, 6.07) is 3.19. The number of hydrogen-bond donors (Lipinski definition) is 1. The Balaban J connectivity index is 3.20. The van der Waals surface area contributed by atoms with Crippen molar-refractivity contribution in [3.8, 4) is 6.07 Å². The van der Waals surface area contributed by atoms with E-state index in [9.17, 15) is 14.9 Å². The molecule has 0 unspecified atom stereocenters. The summed E-state index contributed by atoms with van der Waals surface area (Å²) < 4.78 is 0. The molecule has 0 spiro atoms. The molecule has 1 aromatic rings. The summed E-state index contributed by atoms with van der Waals surface area (Å²) in [5, 5.41) is 28.6. The van der Waals surface area contributed by atoms with E-state index in [1.807, 2.05) is 19.9 Å². The molecule has 0 atom stereocenters. The lowest BCUT2D eigenvalue weighted by Crippen LogP contribution is -2.29. The van der Waals surface area contributed by atoms with Gasteiger partial charge < -0.3 is 10.0 Å². The van der Waals surface area contributed by atoms with E-state index in [1.165, 1.54) is 6.07 Å². The van der Waals surface area contributed by atoms with Gasteiger partial charge in [-0.1, -0.05) is 13.8 Å². The van der Waals surface area contributed by atoms with E-state index < -0.39 is 22.1 Å². The van der Waals surface area contributed by atoms with Crippen molar-refractivity contribution in [2.45, 2.75) is 20.3 Å². The molecule has 1 rings (SSSR count). The predicted molar refractivity (Wildman–Crippen MR) is 75.1 cm³/mol. The summed E-state index contributed by atoms with van der Waals surface area (Å²) in [6.07, 6.45) is 1.20. The molecule has 0 radical (unpaired) electrons. The van der Waals surface area contributed by atoms with Crippen LogP contribution in [0.5, 0.6) is 0 Å². The minimum Gasteiger partial charge on any atom is -0.477 e. The summed E-state index contributed by atoms with van der Waals surface area (Å²) in [5.41, 5.74) is -0.952. The molecule has 8 nitrogen and oxygen atoms in total. The fourth-order valence-electron chi connectivity index (χ4n) is 1.85. The maximum Gasteiger partial charge on any atom is 0.342 e. The van der Waals surface area contributed by atoms with E-state index in [4.69, 9.17) is 10.4 Å². The molecule has 112 valence electrons. The molecule has 0 saturated carbocycles. The standard InChI is InChI=1S/C13H16N4O4/c1-9(2)8-16(5-3-4-14)12-6-10(13(18)19)11(7-15-12)17(20)21/h6-7,9H,3,5,8H2,1-2H3,(H,18,19). The lowest BCUT2D eigenvalue weighted by Gasteiger charge is -2.24. The Bertz CT molecular complexity index is 580. The molecule has 0 fully saturated rings. The monoisotopic (exact) mass is 292 g/mol. The van der Waals surface area contributed by atoms with Crippen LogP contribution in [0.3, 0.4) is 0 Å². The van der Waals surface area contributed by atoms with Gasteiger partial charge in [0.05, 0.1) is 17.4 Å². The van der Waals surface area contributed by atoms with Gasteiger partial charge in [-0.15, -0.1) is 0 Å². The number of carboxylic acids is 1. The third-order valence-corrected chi connectivity index (χ3v) is 2.70. The number of nitrogens with zero attached hydrogens (tertiary/aromatic N) is 4. The molecule has 0 amide bonds. The van der Waals surface area contributed by atoms with Crippen LogP contribution in [0.15, 0.2) is 12.3 Å². The number of hydrogen-bond acceptors (Lipinski definition) is 6. The Morgan fingerprint density at radius 3 is 2.76 bits per heavy atom. The average Bonchev–Trinajstić information content (AvgIpc) is 2.42. The van der Waals surface area contributed by atoms with Crippen molar-refractivity contribution in [1.82, 2.24) is 4.98 Å². The number of pyridine rings is 1. The normalized spacial score (nSPS) is 10.2. The highest BCUT2D eigenvalue weighted by Gasteiger charge is 2.23. The van der Waals surface area contributed by atoms with Gasteiger partial charge in [0.25, 0.3) is 0 Å². The Hall–Kier alpha value is -2.69. The zero-order chi connectivity index (χ0) is 16.0. The van der Waals surface area contributed by atoms with Gasteiger partial charge in [-0.2, -0.15) is 5.26 Å².